The quantitative estimate of drug-likeness (QED) is 0.637. The number of anilines is 1. The van der Waals surface area contributed by atoms with Gasteiger partial charge < -0.3 is 9.47 Å². The Kier molecular flexibility index (Phi) is 6.86. The second kappa shape index (κ2) is 9.83. The molecule has 2 amide bonds. The van der Waals surface area contributed by atoms with Crippen molar-refractivity contribution < 1.29 is 19.1 Å². The zero-order valence-electron chi connectivity index (χ0n) is 20.2. The van der Waals surface area contributed by atoms with Crippen molar-refractivity contribution in [1.29, 1.82) is 0 Å². The second-order valence-corrected chi connectivity index (χ2v) is 9.75. The predicted octanol–water partition coefficient (Wildman–Crippen LogP) is 4.98. The molecule has 1 fully saturated rings. The third kappa shape index (κ3) is 5.55. The number of carbonyl (C=O) groups is 2. The molecule has 0 N–H and O–H groups in total. The number of hydrazone groups is 1. The van der Waals surface area contributed by atoms with Gasteiger partial charge in [0.25, 0.3) is 0 Å². The van der Waals surface area contributed by atoms with Crippen LogP contribution in [0.5, 0.6) is 5.75 Å². The molecule has 0 bridgehead atoms. The van der Waals surface area contributed by atoms with E-state index in [1.165, 1.54) is 5.01 Å². The number of aromatic nitrogens is 1. The van der Waals surface area contributed by atoms with Crippen LogP contribution in [0.25, 0.3) is 0 Å². The number of rotatable bonds is 4. The summed E-state index contributed by atoms with van der Waals surface area (Å²) in [5, 5.41) is 6.00. The Hall–Kier alpha value is -3.42. The molecule has 3 heterocycles. The first-order valence-corrected chi connectivity index (χ1v) is 11.8. The van der Waals surface area contributed by atoms with Crippen LogP contribution in [-0.4, -0.2) is 46.0 Å². The van der Waals surface area contributed by atoms with Crippen LogP contribution in [0.3, 0.4) is 0 Å². The van der Waals surface area contributed by atoms with Crippen LogP contribution in [0.15, 0.2) is 53.8 Å². The zero-order valence-corrected chi connectivity index (χ0v) is 20.2. The fraction of sp³-hybridized carbons (Fsp3) is 0.462. The van der Waals surface area contributed by atoms with Crippen LogP contribution in [-0.2, 0) is 9.53 Å². The third-order valence-corrected chi connectivity index (χ3v) is 5.76. The maximum Gasteiger partial charge on any atom is 0.413 e. The minimum Gasteiger partial charge on any atom is -0.470 e. The van der Waals surface area contributed by atoms with E-state index in [1.807, 2.05) is 58.0 Å². The van der Waals surface area contributed by atoms with E-state index in [-0.39, 0.29) is 24.1 Å². The molecule has 2 atom stereocenters. The van der Waals surface area contributed by atoms with Gasteiger partial charge in [-0.1, -0.05) is 13.0 Å². The maximum absolute atomic E-state index is 12.7. The molecular formula is C26H32N4O4. The van der Waals surface area contributed by atoms with Gasteiger partial charge in [0.05, 0.1) is 5.71 Å². The predicted molar refractivity (Wildman–Crippen MR) is 130 cm³/mol. The second-order valence-electron chi connectivity index (χ2n) is 9.75. The number of hydrogen-bond donors (Lipinski definition) is 0. The topological polar surface area (TPSA) is 84.3 Å². The molecule has 0 spiro atoms. The monoisotopic (exact) mass is 464 g/mol. The van der Waals surface area contributed by atoms with E-state index < -0.39 is 5.60 Å². The Morgan fingerprint density at radius 2 is 1.85 bits per heavy atom. The zero-order chi connectivity index (χ0) is 24.3. The molecule has 0 aliphatic carbocycles. The van der Waals surface area contributed by atoms with Gasteiger partial charge in [-0.15, -0.1) is 0 Å². The average Bonchev–Trinajstić information content (AvgIpc) is 2.80. The lowest BCUT2D eigenvalue weighted by Gasteiger charge is -2.36. The van der Waals surface area contributed by atoms with Gasteiger partial charge in [0.1, 0.15) is 11.4 Å². The summed E-state index contributed by atoms with van der Waals surface area (Å²) in [6.07, 6.45) is 3.98. The number of carbonyl (C=O) groups excluding carboxylic acids is 2. The number of nitrogens with zero attached hydrogens (tertiary/aromatic N) is 4. The number of pyridine rings is 1. The van der Waals surface area contributed by atoms with E-state index in [9.17, 15) is 9.59 Å². The van der Waals surface area contributed by atoms with Crippen molar-refractivity contribution in [3.8, 4) is 5.75 Å². The van der Waals surface area contributed by atoms with Gasteiger partial charge in [-0.3, -0.25) is 9.69 Å². The smallest absolute Gasteiger partial charge is 0.413 e. The van der Waals surface area contributed by atoms with Crippen molar-refractivity contribution in [3.63, 3.8) is 0 Å². The van der Waals surface area contributed by atoms with E-state index in [2.05, 4.69) is 10.1 Å². The minimum atomic E-state index is -0.553. The lowest BCUT2D eigenvalue weighted by Crippen LogP contribution is -2.48. The van der Waals surface area contributed by atoms with Gasteiger partial charge >= 0.3 is 6.09 Å². The largest absolute Gasteiger partial charge is 0.470 e. The highest BCUT2D eigenvalue weighted by atomic mass is 16.6. The number of piperidine rings is 1. The highest BCUT2D eigenvalue weighted by Gasteiger charge is 2.32. The standard InChI is InChI=1S/C26H32N4O4/c1-18-17-22(31)30(21-9-5-7-15-27-21)28-24(18)19-11-13-20(14-12-19)33-23-10-6-8-16-29(23)25(32)34-26(2,3)4/h5,7,9,11-15,18,23H,6,8,10,16-17H2,1-4H3. The highest BCUT2D eigenvalue weighted by Crippen LogP contribution is 2.27. The number of amides is 2. The van der Waals surface area contributed by atoms with E-state index in [0.717, 1.165) is 30.5 Å². The Labute approximate surface area is 200 Å². The molecule has 1 aromatic heterocycles. The summed E-state index contributed by atoms with van der Waals surface area (Å²) < 4.78 is 11.8. The van der Waals surface area contributed by atoms with Crippen molar-refractivity contribution in [2.45, 2.75) is 65.2 Å². The first-order valence-electron chi connectivity index (χ1n) is 11.8. The number of hydrogen-bond acceptors (Lipinski definition) is 6. The molecule has 8 nitrogen and oxygen atoms in total. The molecule has 8 heteroatoms. The van der Waals surface area contributed by atoms with Gasteiger partial charge in [-0.25, -0.2) is 9.78 Å². The molecule has 2 unspecified atom stereocenters. The minimum absolute atomic E-state index is 0.0137. The van der Waals surface area contributed by atoms with E-state index in [1.54, 1.807) is 23.2 Å². The van der Waals surface area contributed by atoms with Crippen molar-refractivity contribution in [2.75, 3.05) is 11.6 Å². The normalized spacial score (nSPS) is 21.2. The molecule has 34 heavy (non-hydrogen) atoms. The van der Waals surface area contributed by atoms with Gasteiger partial charge in [-0.05, 0) is 75.6 Å². The van der Waals surface area contributed by atoms with E-state index >= 15 is 0 Å². The number of benzene rings is 1. The van der Waals surface area contributed by atoms with Gasteiger partial charge in [0, 0.05) is 31.5 Å². The SMILES string of the molecule is CC1CC(=O)N(c2ccccn2)N=C1c1ccc(OC2CCCCN2C(=O)OC(C)(C)C)cc1. The number of ether oxygens (including phenoxy) is 2. The van der Waals surface area contributed by atoms with Crippen LogP contribution in [0.1, 0.15) is 58.9 Å². The lowest BCUT2D eigenvalue weighted by molar-refractivity contribution is -0.119. The van der Waals surface area contributed by atoms with Crippen molar-refractivity contribution in [2.24, 2.45) is 11.0 Å². The third-order valence-electron chi connectivity index (χ3n) is 5.76. The Morgan fingerprint density at radius 3 is 2.53 bits per heavy atom. The molecule has 2 aromatic rings. The Bertz CT molecular complexity index is 1050. The van der Waals surface area contributed by atoms with Gasteiger partial charge in [-0.2, -0.15) is 10.1 Å². The summed E-state index contributed by atoms with van der Waals surface area (Å²) >= 11 is 0. The van der Waals surface area contributed by atoms with Crippen LogP contribution >= 0.6 is 0 Å². The summed E-state index contributed by atoms with van der Waals surface area (Å²) in [6.45, 7) is 8.20. The van der Waals surface area contributed by atoms with Crippen LogP contribution in [0.4, 0.5) is 10.6 Å². The molecule has 1 saturated heterocycles. The summed E-state index contributed by atoms with van der Waals surface area (Å²) in [5.41, 5.74) is 1.19. The van der Waals surface area contributed by atoms with E-state index in [4.69, 9.17) is 9.47 Å². The molecule has 0 saturated carbocycles. The Balaban J connectivity index is 1.50. The van der Waals surface area contributed by atoms with Crippen LogP contribution in [0.2, 0.25) is 0 Å². The first-order chi connectivity index (χ1) is 16.2. The molecule has 1 aromatic carbocycles. The lowest BCUT2D eigenvalue weighted by atomic mass is 9.94. The molecule has 2 aliphatic heterocycles. The molecular weight excluding hydrogens is 432 g/mol. The molecule has 2 aliphatic rings. The molecule has 0 radical (unpaired) electrons. The van der Waals surface area contributed by atoms with E-state index in [0.29, 0.717) is 24.5 Å². The maximum atomic E-state index is 12.7. The fourth-order valence-electron chi connectivity index (χ4n) is 4.12. The van der Waals surface area contributed by atoms with Crippen molar-refractivity contribution >= 4 is 23.5 Å². The summed E-state index contributed by atoms with van der Waals surface area (Å²) in [6, 6.07) is 13.1. The highest BCUT2D eigenvalue weighted by molar-refractivity contribution is 6.09. The molecule has 180 valence electrons. The average molecular weight is 465 g/mol. The summed E-state index contributed by atoms with van der Waals surface area (Å²) in [4.78, 5) is 31.1. The van der Waals surface area contributed by atoms with Crippen LogP contribution in [0, 0.1) is 5.92 Å². The summed E-state index contributed by atoms with van der Waals surface area (Å²) in [5.74, 6) is 1.09. The number of likely N-dealkylation sites (tertiary alicyclic amines) is 1. The van der Waals surface area contributed by atoms with Gasteiger partial charge in [0.2, 0.25) is 5.91 Å². The molecule has 4 rings (SSSR count). The summed E-state index contributed by atoms with van der Waals surface area (Å²) in [7, 11) is 0. The van der Waals surface area contributed by atoms with Gasteiger partial charge in [0.15, 0.2) is 12.0 Å². The van der Waals surface area contributed by atoms with Crippen molar-refractivity contribution in [3.05, 3.63) is 54.2 Å². The fourth-order valence-corrected chi connectivity index (χ4v) is 4.12. The van der Waals surface area contributed by atoms with Crippen molar-refractivity contribution in [1.82, 2.24) is 9.88 Å². The Morgan fingerprint density at radius 1 is 1.09 bits per heavy atom. The van der Waals surface area contributed by atoms with Crippen LogP contribution < -0.4 is 9.75 Å². The first kappa shape index (κ1) is 23.7.